The largest absolute Gasteiger partial charge is 0.478 e. The van der Waals surface area contributed by atoms with Crippen molar-refractivity contribution in [2.45, 2.75) is 0 Å². The smallest absolute Gasteiger partial charge is 0.339 e. The van der Waals surface area contributed by atoms with Crippen molar-refractivity contribution >= 4 is 61.4 Å². The third-order valence-electron chi connectivity index (χ3n) is 3.95. The van der Waals surface area contributed by atoms with Crippen LogP contribution in [0.5, 0.6) is 0 Å². The summed E-state index contributed by atoms with van der Waals surface area (Å²) in [7, 11) is 0. The highest BCUT2D eigenvalue weighted by atomic mass is 35.5. The fourth-order valence-electron chi connectivity index (χ4n) is 2.66. The first-order valence-electron chi connectivity index (χ1n) is 7.91. The molecule has 0 radical (unpaired) electrons. The molecule has 4 rings (SSSR count). The number of hydrogen-bond acceptors (Lipinski definition) is 5. The lowest BCUT2D eigenvalue weighted by molar-refractivity contribution is 0.0699. The van der Waals surface area contributed by atoms with E-state index < -0.39 is 17.7 Å². The number of para-hydroxylation sites is 1. The summed E-state index contributed by atoms with van der Waals surface area (Å²) in [4.78, 5) is 28.7. The second-order valence-electron chi connectivity index (χ2n) is 5.73. The van der Waals surface area contributed by atoms with Crippen molar-refractivity contribution in [3.63, 3.8) is 0 Å². The van der Waals surface area contributed by atoms with Gasteiger partial charge in [0.05, 0.1) is 15.2 Å². The van der Waals surface area contributed by atoms with Crippen LogP contribution in [0.15, 0.2) is 47.8 Å². The highest BCUT2D eigenvalue weighted by Gasteiger charge is 2.23. The fourth-order valence-corrected chi connectivity index (χ4v) is 4.60. The highest BCUT2D eigenvalue weighted by molar-refractivity contribution is 7.20. The Morgan fingerprint density at radius 3 is 2.68 bits per heavy atom. The summed E-state index contributed by atoms with van der Waals surface area (Å²) in [5.74, 6) is -2.38. The SMILES string of the molecule is O=C(Nc1scc(-c2ccc(Cl)c(F)c2)c1C(=O)O)c1nc2ccccc2s1. The number of rotatable bonds is 4. The first-order chi connectivity index (χ1) is 13.4. The van der Waals surface area contributed by atoms with Crippen LogP contribution in [0.2, 0.25) is 5.02 Å². The maximum atomic E-state index is 13.8. The molecule has 0 unspecified atom stereocenters. The molecule has 9 heteroatoms. The molecule has 0 aliphatic carbocycles. The summed E-state index contributed by atoms with van der Waals surface area (Å²) in [5.41, 5.74) is 1.24. The molecule has 0 bridgehead atoms. The van der Waals surface area contributed by atoms with E-state index in [-0.39, 0.29) is 20.6 Å². The lowest BCUT2D eigenvalue weighted by Gasteiger charge is -2.05. The van der Waals surface area contributed by atoms with Gasteiger partial charge in [0.25, 0.3) is 5.91 Å². The number of carbonyl (C=O) groups excluding carboxylic acids is 1. The van der Waals surface area contributed by atoms with Crippen molar-refractivity contribution in [2.75, 3.05) is 5.32 Å². The topological polar surface area (TPSA) is 79.3 Å². The molecule has 2 aromatic carbocycles. The van der Waals surface area contributed by atoms with Crippen molar-refractivity contribution < 1.29 is 19.1 Å². The number of thiazole rings is 1. The van der Waals surface area contributed by atoms with Crippen LogP contribution in [0.1, 0.15) is 20.2 Å². The van der Waals surface area contributed by atoms with Crippen LogP contribution in [0.25, 0.3) is 21.3 Å². The van der Waals surface area contributed by atoms with Crippen LogP contribution in [-0.2, 0) is 0 Å². The number of nitrogens with zero attached hydrogens (tertiary/aromatic N) is 1. The van der Waals surface area contributed by atoms with E-state index in [0.29, 0.717) is 16.6 Å². The third-order valence-corrected chi connectivity index (χ3v) is 6.19. The Bertz CT molecular complexity index is 1200. The van der Waals surface area contributed by atoms with E-state index in [1.165, 1.54) is 23.5 Å². The minimum Gasteiger partial charge on any atom is -0.478 e. The lowest BCUT2D eigenvalue weighted by atomic mass is 10.0. The van der Waals surface area contributed by atoms with Crippen molar-refractivity contribution in [3.05, 3.63) is 69.3 Å². The number of aromatic carboxylic acids is 1. The summed E-state index contributed by atoms with van der Waals surface area (Å²) in [6.45, 7) is 0. The summed E-state index contributed by atoms with van der Waals surface area (Å²) in [6.07, 6.45) is 0. The van der Waals surface area contributed by atoms with Gasteiger partial charge in [0.15, 0.2) is 5.01 Å². The van der Waals surface area contributed by atoms with E-state index in [2.05, 4.69) is 10.3 Å². The van der Waals surface area contributed by atoms with Crippen LogP contribution in [0.3, 0.4) is 0 Å². The number of aromatic nitrogens is 1. The molecule has 5 nitrogen and oxygen atoms in total. The zero-order valence-corrected chi connectivity index (χ0v) is 16.3. The number of benzene rings is 2. The predicted octanol–water partition coefficient (Wildman–Crippen LogP) is 5.77. The Hall–Kier alpha value is -2.81. The van der Waals surface area contributed by atoms with Gasteiger partial charge < -0.3 is 10.4 Å². The van der Waals surface area contributed by atoms with Gasteiger partial charge in [-0.25, -0.2) is 14.2 Å². The van der Waals surface area contributed by atoms with Gasteiger partial charge in [-0.05, 0) is 29.8 Å². The van der Waals surface area contributed by atoms with E-state index in [1.54, 1.807) is 11.4 Å². The van der Waals surface area contributed by atoms with Crippen molar-refractivity contribution in [3.8, 4) is 11.1 Å². The number of hydrogen-bond donors (Lipinski definition) is 2. The zero-order chi connectivity index (χ0) is 19.8. The van der Waals surface area contributed by atoms with Gasteiger partial charge >= 0.3 is 5.97 Å². The predicted molar refractivity (Wildman–Crippen MR) is 109 cm³/mol. The molecule has 140 valence electrons. The molecule has 0 spiro atoms. The molecule has 0 saturated carbocycles. The number of nitrogens with one attached hydrogen (secondary N) is 1. The summed E-state index contributed by atoms with van der Waals surface area (Å²) in [6, 6.07) is 11.4. The number of anilines is 1. The average molecular weight is 433 g/mol. The zero-order valence-electron chi connectivity index (χ0n) is 13.9. The summed E-state index contributed by atoms with van der Waals surface area (Å²) >= 11 is 7.96. The molecule has 0 aliphatic rings. The Balaban J connectivity index is 1.69. The van der Waals surface area contributed by atoms with Gasteiger partial charge in [0.2, 0.25) is 0 Å². The standard InChI is InChI=1S/C19H10ClFN2O3S2/c20-11-6-5-9(7-12(11)21)10-8-27-17(15(10)19(25)26)23-16(24)18-22-13-3-1-2-4-14(13)28-18/h1-8H,(H,23,24)(H,25,26). The number of carboxylic acids is 1. The van der Waals surface area contributed by atoms with Crippen LogP contribution < -0.4 is 5.32 Å². The summed E-state index contributed by atoms with van der Waals surface area (Å²) < 4.78 is 14.6. The molecule has 0 atom stereocenters. The van der Waals surface area contributed by atoms with Gasteiger partial charge in [-0.15, -0.1) is 22.7 Å². The van der Waals surface area contributed by atoms with E-state index in [0.717, 1.165) is 22.1 Å². The Kier molecular flexibility index (Phi) is 4.84. The van der Waals surface area contributed by atoms with E-state index >= 15 is 0 Å². The molecule has 2 heterocycles. The second-order valence-corrected chi connectivity index (χ2v) is 8.05. The fraction of sp³-hybridized carbons (Fsp3) is 0. The van der Waals surface area contributed by atoms with Crippen LogP contribution in [0.4, 0.5) is 9.39 Å². The number of carbonyl (C=O) groups is 2. The van der Waals surface area contributed by atoms with Crippen molar-refractivity contribution in [1.82, 2.24) is 4.98 Å². The number of thiophene rings is 1. The number of halogens is 2. The number of amides is 1. The van der Waals surface area contributed by atoms with Crippen LogP contribution in [-0.4, -0.2) is 22.0 Å². The van der Waals surface area contributed by atoms with Gasteiger partial charge in [-0.3, -0.25) is 4.79 Å². The maximum Gasteiger partial charge on any atom is 0.339 e. The van der Waals surface area contributed by atoms with Gasteiger partial charge in [0, 0.05) is 10.9 Å². The molecule has 0 saturated heterocycles. The number of fused-ring (bicyclic) bond motifs is 1. The Morgan fingerprint density at radius 2 is 1.96 bits per heavy atom. The average Bonchev–Trinajstić information content (AvgIpc) is 3.28. The second kappa shape index (κ2) is 7.31. The third kappa shape index (κ3) is 3.37. The maximum absolute atomic E-state index is 13.8. The van der Waals surface area contributed by atoms with Crippen molar-refractivity contribution in [2.24, 2.45) is 0 Å². The molecule has 2 aromatic heterocycles. The summed E-state index contributed by atoms with van der Waals surface area (Å²) in [5, 5.41) is 14.1. The van der Waals surface area contributed by atoms with Crippen molar-refractivity contribution in [1.29, 1.82) is 0 Å². The van der Waals surface area contributed by atoms with Gasteiger partial charge in [-0.2, -0.15) is 0 Å². The van der Waals surface area contributed by atoms with E-state index in [4.69, 9.17) is 11.6 Å². The minimum atomic E-state index is -1.23. The molecule has 2 N–H and O–H groups in total. The molecule has 28 heavy (non-hydrogen) atoms. The number of carboxylic acid groups (broad SMARTS) is 1. The van der Waals surface area contributed by atoms with E-state index in [1.807, 2.05) is 18.2 Å². The molecule has 0 aliphatic heterocycles. The van der Waals surface area contributed by atoms with Gasteiger partial charge in [0.1, 0.15) is 16.4 Å². The molecule has 4 aromatic rings. The first kappa shape index (κ1) is 18.5. The van der Waals surface area contributed by atoms with Gasteiger partial charge in [-0.1, -0.05) is 29.8 Å². The van der Waals surface area contributed by atoms with Crippen LogP contribution in [0, 0.1) is 5.82 Å². The monoisotopic (exact) mass is 432 g/mol. The Morgan fingerprint density at radius 1 is 1.18 bits per heavy atom. The first-order valence-corrected chi connectivity index (χ1v) is 9.98. The normalized spacial score (nSPS) is 10.9. The molecular formula is C19H10ClFN2O3S2. The highest BCUT2D eigenvalue weighted by Crippen LogP contribution is 2.37. The minimum absolute atomic E-state index is 0.0554. The lowest BCUT2D eigenvalue weighted by Crippen LogP contribution is -2.13. The quantitative estimate of drug-likeness (QED) is 0.429. The molecular weight excluding hydrogens is 423 g/mol. The van der Waals surface area contributed by atoms with Crippen LogP contribution >= 0.6 is 34.3 Å². The molecule has 0 fully saturated rings. The molecule has 1 amide bonds. The van der Waals surface area contributed by atoms with E-state index in [9.17, 15) is 19.1 Å². The Labute approximate surface area is 171 Å².